The van der Waals surface area contributed by atoms with Gasteiger partial charge in [-0.25, -0.2) is 9.18 Å². The first-order valence-corrected chi connectivity index (χ1v) is 17.1. The summed E-state index contributed by atoms with van der Waals surface area (Å²) in [5, 5.41) is 20.8. The summed E-state index contributed by atoms with van der Waals surface area (Å²) in [6.45, 7) is 5.73. The molecule has 49 heavy (non-hydrogen) atoms. The third-order valence-corrected chi connectivity index (χ3v) is 10.0. The third kappa shape index (κ3) is 7.52. The molecule has 3 atom stereocenters. The van der Waals surface area contributed by atoms with Gasteiger partial charge < -0.3 is 29.5 Å². The maximum Gasteiger partial charge on any atom is 0.326 e. The van der Waals surface area contributed by atoms with Crippen molar-refractivity contribution < 1.29 is 43.3 Å². The zero-order chi connectivity index (χ0) is 35.4. The molecule has 4 amide bonds. The summed E-state index contributed by atoms with van der Waals surface area (Å²) in [4.78, 5) is 59.6. The summed E-state index contributed by atoms with van der Waals surface area (Å²) in [6, 6.07) is 6.76. The molecule has 0 aromatic heterocycles. The lowest BCUT2D eigenvalue weighted by Gasteiger charge is -2.36. The van der Waals surface area contributed by atoms with Crippen LogP contribution < -0.4 is 14.4 Å². The van der Waals surface area contributed by atoms with Crippen molar-refractivity contribution in [1.82, 2.24) is 14.7 Å². The second kappa shape index (κ2) is 15.5. The van der Waals surface area contributed by atoms with Gasteiger partial charge in [0.1, 0.15) is 5.82 Å². The fourth-order valence-corrected chi connectivity index (χ4v) is 7.57. The van der Waals surface area contributed by atoms with Gasteiger partial charge in [0, 0.05) is 62.4 Å². The molecule has 0 radical (unpaired) electrons. The van der Waals surface area contributed by atoms with Crippen LogP contribution in [0.2, 0.25) is 0 Å². The van der Waals surface area contributed by atoms with Gasteiger partial charge in [-0.05, 0) is 67.6 Å². The van der Waals surface area contributed by atoms with E-state index < -0.39 is 29.9 Å². The fraction of sp³-hybridized carbons (Fsp3) is 0.556. The topological polar surface area (TPSA) is 140 Å². The van der Waals surface area contributed by atoms with E-state index >= 15 is 0 Å². The van der Waals surface area contributed by atoms with Gasteiger partial charge in [-0.1, -0.05) is 26.7 Å². The average molecular weight is 683 g/mol. The second-order valence-corrected chi connectivity index (χ2v) is 13.3. The Morgan fingerprint density at radius 1 is 1.10 bits per heavy atom. The molecule has 2 N–H and O–H groups in total. The van der Waals surface area contributed by atoms with Gasteiger partial charge in [0.15, 0.2) is 11.5 Å². The molecule has 3 aliphatic rings. The number of halogens is 1. The minimum absolute atomic E-state index is 0.00788. The molecule has 2 saturated heterocycles. The van der Waals surface area contributed by atoms with Gasteiger partial charge in [-0.3, -0.25) is 24.2 Å². The number of hydrogen-bond acceptors (Lipinski definition) is 8. The van der Waals surface area contributed by atoms with Gasteiger partial charge >= 0.3 is 12.0 Å². The summed E-state index contributed by atoms with van der Waals surface area (Å²) in [7, 11) is 1.62. The first kappa shape index (κ1) is 36.1. The number of likely N-dealkylation sites (tertiary alicyclic amines) is 1. The van der Waals surface area contributed by atoms with E-state index in [4.69, 9.17) is 9.47 Å². The number of aliphatic hydroxyl groups is 1. The van der Waals surface area contributed by atoms with Crippen molar-refractivity contribution in [3.63, 3.8) is 0 Å². The van der Waals surface area contributed by atoms with E-state index in [0.29, 0.717) is 40.4 Å². The number of rotatable bonds is 14. The molecule has 266 valence electrons. The molecular formula is C36H47FN4O8. The maximum atomic E-state index is 14.5. The van der Waals surface area contributed by atoms with Gasteiger partial charge in [-0.2, -0.15) is 0 Å². The number of carbonyl (C=O) groups excluding carboxylic acids is 3. The Bertz CT molecular complexity index is 1560. The van der Waals surface area contributed by atoms with Crippen molar-refractivity contribution >= 4 is 29.5 Å². The number of aliphatic carboxylic acids is 1. The lowest BCUT2D eigenvalue weighted by Crippen LogP contribution is -2.52. The van der Waals surface area contributed by atoms with Crippen molar-refractivity contribution in [2.24, 2.45) is 5.92 Å². The highest BCUT2D eigenvalue weighted by molar-refractivity contribution is 5.97. The Hall–Kier alpha value is -4.23. The molecule has 3 heterocycles. The Labute approximate surface area is 286 Å². The van der Waals surface area contributed by atoms with Gasteiger partial charge in [0.05, 0.1) is 19.1 Å². The number of carboxylic acids is 1. The fourth-order valence-electron chi connectivity index (χ4n) is 7.57. The molecule has 0 bridgehead atoms. The number of carboxylic acid groups (broad SMARTS) is 1. The molecule has 2 fully saturated rings. The Morgan fingerprint density at radius 2 is 1.84 bits per heavy atom. The highest BCUT2D eigenvalue weighted by Crippen LogP contribution is 2.45. The number of urea groups is 1. The van der Waals surface area contributed by atoms with Crippen LogP contribution in [-0.2, 0) is 21.0 Å². The quantitative estimate of drug-likeness (QED) is 0.295. The molecular weight excluding hydrogens is 635 g/mol. The predicted molar refractivity (Wildman–Crippen MR) is 179 cm³/mol. The van der Waals surface area contributed by atoms with Crippen molar-refractivity contribution in [1.29, 1.82) is 0 Å². The number of nitrogens with zero attached hydrogens (tertiary/aromatic N) is 4. The lowest BCUT2D eigenvalue weighted by molar-refractivity contribution is -0.143. The highest BCUT2D eigenvalue weighted by atomic mass is 19.1. The van der Waals surface area contributed by atoms with Crippen LogP contribution in [-0.4, -0.2) is 101 Å². The Kier molecular flexibility index (Phi) is 11.4. The smallest absolute Gasteiger partial charge is 0.326 e. The number of anilines is 1. The first-order chi connectivity index (χ1) is 23.5. The monoisotopic (exact) mass is 682 g/mol. The second-order valence-electron chi connectivity index (χ2n) is 13.3. The van der Waals surface area contributed by atoms with Crippen LogP contribution in [0.3, 0.4) is 0 Å². The van der Waals surface area contributed by atoms with E-state index in [-0.39, 0.29) is 69.5 Å². The molecule has 12 nitrogen and oxygen atoms in total. The molecule has 13 heteroatoms. The number of benzene rings is 2. The number of aliphatic hydroxyl groups excluding tert-OH is 1. The summed E-state index contributed by atoms with van der Waals surface area (Å²) in [5.74, 6) is -2.84. The van der Waals surface area contributed by atoms with E-state index in [1.54, 1.807) is 43.1 Å². The number of fused-ring (bicyclic) bond motifs is 1. The number of aryl methyl sites for hydroxylation is 1. The molecule has 0 saturated carbocycles. The molecule has 2 aromatic rings. The van der Waals surface area contributed by atoms with Crippen LogP contribution in [0.25, 0.3) is 0 Å². The Balaban J connectivity index is 1.52. The standard InChI is InChI=1S/C36H47FN4O8/c1-5-7-25(8-6-2)41(26-9-10-28(37)22(3)15-26)32(44)19-39-18-27(23-16-24(20-42)34-30(17-23)48-21-49-34)33(35(45)46)29(39)11-14-40-31(43)12-13-38(4)36(40)47/h9-10,15-17,25,27,29,33,42H,5-8,11-14,18-21H2,1-4H3,(H,45,46)/t27-,29+,33-/m1/s1. The van der Waals surface area contributed by atoms with Gasteiger partial charge in [0.2, 0.25) is 18.6 Å². The van der Waals surface area contributed by atoms with Crippen molar-refractivity contribution in [2.75, 3.05) is 44.9 Å². The molecule has 0 unspecified atom stereocenters. The zero-order valence-corrected chi connectivity index (χ0v) is 28.7. The first-order valence-electron chi connectivity index (χ1n) is 17.1. The van der Waals surface area contributed by atoms with E-state index in [9.17, 15) is 33.8 Å². The number of carbonyl (C=O) groups is 4. The lowest BCUT2D eigenvalue weighted by atomic mass is 9.83. The van der Waals surface area contributed by atoms with Crippen LogP contribution in [0.1, 0.15) is 75.0 Å². The van der Waals surface area contributed by atoms with Crippen molar-refractivity contribution in [2.45, 2.75) is 83.9 Å². The van der Waals surface area contributed by atoms with Crippen molar-refractivity contribution in [3.05, 3.63) is 52.8 Å². The predicted octanol–water partition coefficient (Wildman–Crippen LogP) is 4.50. The number of ether oxygens (including phenoxy) is 2. The maximum absolute atomic E-state index is 14.5. The highest BCUT2D eigenvalue weighted by Gasteiger charge is 2.48. The van der Waals surface area contributed by atoms with E-state index in [0.717, 1.165) is 30.6 Å². The minimum atomic E-state index is -1.08. The van der Waals surface area contributed by atoms with Crippen LogP contribution in [0, 0.1) is 18.7 Å². The van der Waals surface area contributed by atoms with Crippen LogP contribution in [0.5, 0.6) is 11.5 Å². The Morgan fingerprint density at radius 3 is 2.49 bits per heavy atom. The molecule has 5 rings (SSSR count). The number of imide groups is 1. The van der Waals surface area contributed by atoms with E-state index in [1.807, 2.05) is 18.7 Å². The zero-order valence-electron chi connectivity index (χ0n) is 28.7. The minimum Gasteiger partial charge on any atom is -0.481 e. The molecule has 0 spiro atoms. The van der Waals surface area contributed by atoms with Crippen LogP contribution in [0.15, 0.2) is 30.3 Å². The van der Waals surface area contributed by atoms with Gasteiger partial charge in [0.25, 0.3) is 0 Å². The van der Waals surface area contributed by atoms with Crippen LogP contribution in [0.4, 0.5) is 14.9 Å². The average Bonchev–Trinajstić information content (AvgIpc) is 3.69. The largest absolute Gasteiger partial charge is 0.481 e. The SMILES string of the molecule is CCCC(CCC)N(C(=O)CN1C[C@H](c2cc(CO)c3c(c2)OCO3)[C@@H](C(=O)O)[C@@H]1CCN1C(=O)CCN(C)C1=O)c1ccc(F)c(C)c1. The summed E-state index contributed by atoms with van der Waals surface area (Å²) >= 11 is 0. The van der Waals surface area contributed by atoms with Crippen molar-refractivity contribution in [3.8, 4) is 11.5 Å². The summed E-state index contributed by atoms with van der Waals surface area (Å²) in [5.41, 5.74) is 2.07. The summed E-state index contributed by atoms with van der Waals surface area (Å²) in [6.07, 6.45) is 3.42. The normalized spacial score (nSPS) is 20.8. The van der Waals surface area contributed by atoms with Crippen LogP contribution >= 0.6 is 0 Å². The number of hydrogen-bond donors (Lipinski definition) is 2. The van der Waals surface area contributed by atoms with E-state index in [2.05, 4.69) is 0 Å². The number of amides is 4. The van der Waals surface area contributed by atoms with Gasteiger partial charge in [-0.15, -0.1) is 0 Å². The molecule has 0 aliphatic carbocycles. The molecule has 3 aliphatic heterocycles. The third-order valence-electron chi connectivity index (χ3n) is 10.0. The van der Waals surface area contributed by atoms with E-state index in [1.165, 1.54) is 11.0 Å². The summed E-state index contributed by atoms with van der Waals surface area (Å²) < 4.78 is 25.5. The molecule has 2 aromatic carbocycles.